The van der Waals surface area contributed by atoms with Crippen molar-refractivity contribution in [3.63, 3.8) is 0 Å². The third-order valence-corrected chi connectivity index (χ3v) is 3.44. The number of benzene rings is 2. The fourth-order valence-electron chi connectivity index (χ4n) is 2.21. The van der Waals surface area contributed by atoms with Crippen molar-refractivity contribution < 1.29 is 0 Å². The summed E-state index contributed by atoms with van der Waals surface area (Å²) in [6, 6.07) is 20.6. The molecule has 0 amide bonds. The lowest BCUT2D eigenvalue weighted by molar-refractivity contribution is 0.681. The number of aryl methyl sites for hydroxylation is 1. The van der Waals surface area contributed by atoms with E-state index in [2.05, 4.69) is 12.6 Å². The van der Waals surface area contributed by atoms with Gasteiger partial charge in [-0.2, -0.15) is 5.26 Å². The Balaban J connectivity index is 2.41. The highest BCUT2D eigenvalue weighted by atomic mass is 14.4. The summed E-state index contributed by atoms with van der Waals surface area (Å²) in [7, 11) is 0. The third-order valence-electron chi connectivity index (χ3n) is 3.44. The molecule has 0 N–H and O–H groups in total. The summed E-state index contributed by atoms with van der Waals surface area (Å²) in [5.41, 5.74) is 2.68. The summed E-state index contributed by atoms with van der Waals surface area (Å²) in [5.74, 6) is 0. The van der Waals surface area contributed by atoms with E-state index in [9.17, 15) is 5.26 Å². The highest BCUT2D eigenvalue weighted by Crippen LogP contribution is 2.29. The molecule has 0 aliphatic heterocycles. The second-order valence-electron chi connectivity index (χ2n) is 4.82. The molecule has 0 aliphatic carbocycles. The fourth-order valence-corrected chi connectivity index (χ4v) is 2.21. The Morgan fingerprint density at radius 2 is 1.74 bits per heavy atom. The van der Waals surface area contributed by atoms with Crippen LogP contribution in [0.2, 0.25) is 0 Å². The first-order valence-electron chi connectivity index (χ1n) is 6.36. The molecule has 0 aromatic heterocycles. The third kappa shape index (κ3) is 2.74. The Morgan fingerprint density at radius 3 is 2.26 bits per heavy atom. The molecule has 2 aromatic carbocycles. The maximum Gasteiger partial charge on any atom is 0.104 e. The first-order valence-corrected chi connectivity index (χ1v) is 6.36. The topological polar surface area (TPSA) is 23.8 Å². The molecule has 19 heavy (non-hydrogen) atoms. The van der Waals surface area contributed by atoms with Crippen LogP contribution in [0.1, 0.15) is 16.7 Å². The Bertz CT molecular complexity index is 590. The number of hydrogen-bond acceptors (Lipinski definition) is 1. The van der Waals surface area contributed by atoms with Gasteiger partial charge in [0, 0.05) is 0 Å². The zero-order chi connectivity index (χ0) is 13.7. The molecule has 1 unspecified atom stereocenters. The van der Waals surface area contributed by atoms with Crippen molar-refractivity contribution in [1.29, 1.82) is 5.26 Å². The zero-order valence-corrected chi connectivity index (χ0v) is 11.1. The molecule has 0 bridgehead atoms. The number of allylic oxidation sites excluding steroid dienone is 1. The highest BCUT2D eigenvalue weighted by Gasteiger charge is 2.28. The van der Waals surface area contributed by atoms with Crippen LogP contribution < -0.4 is 0 Å². The normalized spacial score (nSPS) is 13.3. The maximum absolute atomic E-state index is 9.64. The van der Waals surface area contributed by atoms with E-state index in [0.29, 0.717) is 6.42 Å². The Morgan fingerprint density at radius 1 is 1.11 bits per heavy atom. The SMILES string of the molecule is C=CC(C#N)(Cc1ccccc1)c1ccc(C)cc1. The predicted molar refractivity (Wildman–Crippen MR) is 78.8 cm³/mol. The van der Waals surface area contributed by atoms with Crippen molar-refractivity contribution in [2.75, 3.05) is 0 Å². The average molecular weight is 247 g/mol. The van der Waals surface area contributed by atoms with E-state index in [-0.39, 0.29) is 0 Å². The first kappa shape index (κ1) is 13.1. The molecule has 0 heterocycles. The van der Waals surface area contributed by atoms with E-state index in [4.69, 9.17) is 0 Å². The van der Waals surface area contributed by atoms with E-state index in [1.165, 1.54) is 5.56 Å². The van der Waals surface area contributed by atoms with Crippen molar-refractivity contribution in [2.45, 2.75) is 18.8 Å². The molecular weight excluding hydrogens is 230 g/mol. The highest BCUT2D eigenvalue weighted by molar-refractivity contribution is 5.41. The molecule has 0 saturated carbocycles. The van der Waals surface area contributed by atoms with Gasteiger partial charge in [0.1, 0.15) is 5.41 Å². The summed E-state index contributed by atoms with van der Waals surface area (Å²) >= 11 is 0. The van der Waals surface area contributed by atoms with Gasteiger partial charge in [-0.1, -0.05) is 66.2 Å². The van der Waals surface area contributed by atoms with Crippen molar-refractivity contribution >= 4 is 0 Å². The van der Waals surface area contributed by atoms with Crippen molar-refractivity contribution in [3.8, 4) is 6.07 Å². The second-order valence-corrected chi connectivity index (χ2v) is 4.82. The lowest BCUT2D eigenvalue weighted by atomic mass is 9.77. The van der Waals surface area contributed by atoms with Crippen molar-refractivity contribution in [1.82, 2.24) is 0 Å². The Hall–Kier alpha value is -2.33. The lowest BCUT2D eigenvalue weighted by Crippen LogP contribution is -2.24. The molecule has 0 saturated heterocycles. The van der Waals surface area contributed by atoms with Gasteiger partial charge in [0.2, 0.25) is 0 Å². The van der Waals surface area contributed by atoms with Crippen molar-refractivity contribution in [3.05, 3.63) is 83.9 Å². The van der Waals surface area contributed by atoms with E-state index in [1.54, 1.807) is 6.08 Å². The monoisotopic (exact) mass is 247 g/mol. The number of nitriles is 1. The molecule has 2 aromatic rings. The van der Waals surface area contributed by atoms with Crippen LogP contribution in [-0.4, -0.2) is 0 Å². The van der Waals surface area contributed by atoms with Gasteiger partial charge < -0.3 is 0 Å². The van der Waals surface area contributed by atoms with Gasteiger partial charge >= 0.3 is 0 Å². The molecule has 94 valence electrons. The number of hydrogen-bond donors (Lipinski definition) is 0. The summed E-state index contributed by atoms with van der Waals surface area (Å²) < 4.78 is 0. The molecule has 1 atom stereocenters. The standard InChI is InChI=1S/C18H17N/c1-3-18(14-19,13-16-7-5-4-6-8-16)17-11-9-15(2)10-12-17/h3-12H,1,13H2,2H3. The molecule has 0 aliphatic rings. The van der Waals surface area contributed by atoms with Crippen LogP contribution >= 0.6 is 0 Å². The Kier molecular flexibility index (Phi) is 3.82. The molecule has 0 fully saturated rings. The Labute approximate surface area is 114 Å². The largest absolute Gasteiger partial charge is 0.197 e. The minimum Gasteiger partial charge on any atom is -0.197 e. The summed E-state index contributed by atoms with van der Waals surface area (Å²) in [5, 5.41) is 9.64. The van der Waals surface area contributed by atoms with Gasteiger partial charge in [0.25, 0.3) is 0 Å². The van der Waals surface area contributed by atoms with E-state index in [0.717, 1.165) is 11.1 Å². The molecule has 0 spiro atoms. The van der Waals surface area contributed by atoms with Crippen LogP contribution in [0, 0.1) is 18.3 Å². The smallest absolute Gasteiger partial charge is 0.104 e. The summed E-state index contributed by atoms with van der Waals surface area (Å²) in [4.78, 5) is 0. The molecule has 1 heteroatoms. The number of nitrogens with zero attached hydrogens (tertiary/aromatic N) is 1. The quantitative estimate of drug-likeness (QED) is 0.743. The van der Waals surface area contributed by atoms with Gasteiger partial charge in [-0.05, 0) is 24.5 Å². The van der Waals surface area contributed by atoms with E-state index < -0.39 is 5.41 Å². The van der Waals surface area contributed by atoms with E-state index >= 15 is 0 Å². The molecule has 0 radical (unpaired) electrons. The minimum absolute atomic E-state index is 0.650. The van der Waals surface area contributed by atoms with Crippen LogP contribution in [0.3, 0.4) is 0 Å². The predicted octanol–water partition coefficient (Wildman–Crippen LogP) is 4.19. The first-order chi connectivity index (χ1) is 9.20. The van der Waals surface area contributed by atoms with Gasteiger partial charge in [-0.15, -0.1) is 6.58 Å². The van der Waals surface area contributed by atoms with Gasteiger partial charge in [0.05, 0.1) is 6.07 Å². The van der Waals surface area contributed by atoms with Gasteiger partial charge in [-0.25, -0.2) is 0 Å². The second kappa shape index (κ2) is 5.54. The lowest BCUT2D eigenvalue weighted by Gasteiger charge is -2.23. The molecular formula is C18H17N. The van der Waals surface area contributed by atoms with Gasteiger partial charge in [0.15, 0.2) is 0 Å². The zero-order valence-electron chi connectivity index (χ0n) is 11.1. The fraction of sp³-hybridized carbons (Fsp3) is 0.167. The van der Waals surface area contributed by atoms with Crippen LogP contribution in [-0.2, 0) is 11.8 Å². The average Bonchev–Trinajstić information content (AvgIpc) is 2.47. The van der Waals surface area contributed by atoms with Crippen LogP contribution in [0.4, 0.5) is 0 Å². The minimum atomic E-state index is -0.658. The van der Waals surface area contributed by atoms with Gasteiger partial charge in [-0.3, -0.25) is 0 Å². The summed E-state index contributed by atoms with van der Waals surface area (Å²) in [6.45, 7) is 5.92. The van der Waals surface area contributed by atoms with Crippen LogP contribution in [0.5, 0.6) is 0 Å². The van der Waals surface area contributed by atoms with E-state index in [1.807, 2.05) is 61.5 Å². The molecule has 1 nitrogen and oxygen atoms in total. The maximum atomic E-state index is 9.64. The summed E-state index contributed by atoms with van der Waals surface area (Å²) in [6.07, 6.45) is 2.40. The van der Waals surface area contributed by atoms with Crippen LogP contribution in [0.15, 0.2) is 67.3 Å². The number of rotatable bonds is 4. The molecule has 2 rings (SSSR count). The van der Waals surface area contributed by atoms with Crippen LogP contribution in [0.25, 0.3) is 0 Å². The van der Waals surface area contributed by atoms with Crippen molar-refractivity contribution in [2.24, 2.45) is 0 Å².